The smallest absolute Gasteiger partial charge is 0.144 e. The van der Waals surface area contributed by atoms with Crippen molar-refractivity contribution in [3.05, 3.63) is 35.9 Å². The zero-order valence-electron chi connectivity index (χ0n) is 10.7. The standard InChI is InChI=1S/C15H18O3/c1-9-8-12(17)13(10(2)16)14(15(9)18)11-6-4-3-5-7-11/h3-7,9,13-15,18H,8H2,1-2H3. The van der Waals surface area contributed by atoms with Gasteiger partial charge in [0.15, 0.2) is 0 Å². The Labute approximate surface area is 107 Å². The summed E-state index contributed by atoms with van der Waals surface area (Å²) in [6, 6.07) is 9.35. The van der Waals surface area contributed by atoms with E-state index in [0.29, 0.717) is 0 Å². The number of hydrogen-bond donors (Lipinski definition) is 1. The molecule has 3 heteroatoms. The van der Waals surface area contributed by atoms with Gasteiger partial charge in [0.05, 0.1) is 12.0 Å². The normalized spacial score (nSPS) is 32.3. The van der Waals surface area contributed by atoms with Gasteiger partial charge in [0.2, 0.25) is 0 Å². The summed E-state index contributed by atoms with van der Waals surface area (Å²) in [7, 11) is 0. The molecular weight excluding hydrogens is 228 g/mol. The lowest BCUT2D eigenvalue weighted by Gasteiger charge is -2.37. The fourth-order valence-electron chi connectivity index (χ4n) is 2.86. The summed E-state index contributed by atoms with van der Waals surface area (Å²) in [6.07, 6.45) is -0.353. The first kappa shape index (κ1) is 13.0. The number of benzene rings is 1. The van der Waals surface area contributed by atoms with E-state index in [1.807, 2.05) is 37.3 Å². The van der Waals surface area contributed by atoms with Gasteiger partial charge in [-0.3, -0.25) is 9.59 Å². The van der Waals surface area contributed by atoms with Crippen molar-refractivity contribution >= 4 is 11.6 Å². The Kier molecular flexibility index (Phi) is 3.62. The van der Waals surface area contributed by atoms with Gasteiger partial charge in [0.25, 0.3) is 0 Å². The second-order valence-corrected chi connectivity index (χ2v) is 5.16. The Balaban J connectivity index is 2.43. The van der Waals surface area contributed by atoms with Crippen LogP contribution in [0.25, 0.3) is 0 Å². The molecule has 2 rings (SSSR count). The van der Waals surface area contributed by atoms with Crippen LogP contribution in [-0.4, -0.2) is 22.8 Å². The third-order valence-electron chi connectivity index (χ3n) is 3.80. The minimum absolute atomic E-state index is 0.0471. The second kappa shape index (κ2) is 5.02. The van der Waals surface area contributed by atoms with E-state index >= 15 is 0 Å². The Bertz CT molecular complexity index is 452. The van der Waals surface area contributed by atoms with E-state index in [9.17, 15) is 14.7 Å². The minimum atomic E-state index is -0.696. The van der Waals surface area contributed by atoms with E-state index in [0.717, 1.165) is 5.56 Å². The molecule has 0 aliphatic heterocycles. The fraction of sp³-hybridized carbons (Fsp3) is 0.467. The van der Waals surface area contributed by atoms with Crippen molar-refractivity contribution in [1.82, 2.24) is 0 Å². The third kappa shape index (κ3) is 2.23. The third-order valence-corrected chi connectivity index (χ3v) is 3.80. The number of hydrogen-bond acceptors (Lipinski definition) is 3. The van der Waals surface area contributed by atoms with Crippen LogP contribution in [-0.2, 0) is 9.59 Å². The molecule has 18 heavy (non-hydrogen) atoms. The van der Waals surface area contributed by atoms with Crippen LogP contribution >= 0.6 is 0 Å². The van der Waals surface area contributed by atoms with Gasteiger partial charge in [-0.2, -0.15) is 0 Å². The van der Waals surface area contributed by atoms with Crippen LogP contribution in [0.15, 0.2) is 30.3 Å². The SMILES string of the molecule is CC(=O)C1C(=O)CC(C)C(O)C1c1ccccc1. The highest BCUT2D eigenvalue weighted by Crippen LogP contribution is 2.39. The van der Waals surface area contributed by atoms with Crippen LogP contribution in [0.4, 0.5) is 0 Å². The average molecular weight is 246 g/mol. The molecule has 0 spiro atoms. The average Bonchev–Trinajstić information content (AvgIpc) is 2.34. The number of ketones is 2. The van der Waals surface area contributed by atoms with Gasteiger partial charge in [-0.05, 0) is 18.4 Å². The van der Waals surface area contributed by atoms with Crippen molar-refractivity contribution in [3.63, 3.8) is 0 Å². The Morgan fingerprint density at radius 2 is 1.89 bits per heavy atom. The van der Waals surface area contributed by atoms with Crippen molar-refractivity contribution in [1.29, 1.82) is 0 Å². The molecule has 0 heterocycles. The zero-order chi connectivity index (χ0) is 13.3. The monoisotopic (exact) mass is 246 g/mol. The summed E-state index contributed by atoms with van der Waals surface area (Å²) < 4.78 is 0. The first-order valence-corrected chi connectivity index (χ1v) is 6.28. The molecule has 1 aliphatic carbocycles. The zero-order valence-corrected chi connectivity index (χ0v) is 10.7. The molecule has 4 unspecified atom stereocenters. The van der Waals surface area contributed by atoms with E-state index in [4.69, 9.17) is 0 Å². The first-order chi connectivity index (χ1) is 8.52. The van der Waals surface area contributed by atoms with Gasteiger partial charge in [-0.15, -0.1) is 0 Å². The van der Waals surface area contributed by atoms with Gasteiger partial charge in [0, 0.05) is 12.3 Å². The van der Waals surface area contributed by atoms with Crippen molar-refractivity contribution in [2.45, 2.75) is 32.3 Å². The van der Waals surface area contributed by atoms with Gasteiger partial charge in [-0.25, -0.2) is 0 Å². The molecule has 3 nitrogen and oxygen atoms in total. The molecule has 1 saturated carbocycles. The fourth-order valence-corrected chi connectivity index (χ4v) is 2.86. The number of Topliss-reactive ketones (excluding diaryl/α,β-unsaturated/α-hetero) is 2. The molecule has 96 valence electrons. The number of carbonyl (C=O) groups excluding carboxylic acids is 2. The molecule has 0 aromatic heterocycles. The molecule has 1 fully saturated rings. The lowest BCUT2D eigenvalue weighted by Crippen LogP contribution is -2.44. The highest BCUT2D eigenvalue weighted by Gasteiger charge is 2.44. The van der Waals surface area contributed by atoms with E-state index in [1.54, 1.807) is 0 Å². The Morgan fingerprint density at radius 1 is 1.28 bits per heavy atom. The summed E-state index contributed by atoms with van der Waals surface area (Å²) >= 11 is 0. The molecule has 1 N–H and O–H groups in total. The summed E-state index contributed by atoms with van der Waals surface area (Å²) in [6.45, 7) is 3.29. The van der Waals surface area contributed by atoms with Crippen LogP contribution in [0.5, 0.6) is 0 Å². The maximum Gasteiger partial charge on any atom is 0.144 e. The van der Waals surface area contributed by atoms with E-state index < -0.39 is 17.9 Å². The molecule has 0 bridgehead atoms. The quantitative estimate of drug-likeness (QED) is 0.811. The maximum atomic E-state index is 12.0. The summed E-state index contributed by atoms with van der Waals surface area (Å²) in [5, 5.41) is 10.3. The van der Waals surface area contributed by atoms with Gasteiger partial charge in [0.1, 0.15) is 11.6 Å². The van der Waals surface area contributed by atoms with Crippen LogP contribution in [0.2, 0.25) is 0 Å². The van der Waals surface area contributed by atoms with Gasteiger partial charge >= 0.3 is 0 Å². The molecular formula is C15H18O3. The number of aliphatic hydroxyl groups excluding tert-OH is 1. The summed E-state index contributed by atoms with van der Waals surface area (Å²) in [5.74, 6) is -1.40. The van der Waals surface area contributed by atoms with Gasteiger partial charge in [-0.1, -0.05) is 37.3 Å². The molecule has 0 saturated heterocycles. The van der Waals surface area contributed by atoms with Crippen LogP contribution < -0.4 is 0 Å². The number of rotatable bonds is 2. The largest absolute Gasteiger partial charge is 0.392 e. The minimum Gasteiger partial charge on any atom is -0.392 e. The summed E-state index contributed by atoms with van der Waals surface area (Å²) in [4.78, 5) is 23.8. The van der Waals surface area contributed by atoms with Crippen molar-refractivity contribution in [2.24, 2.45) is 11.8 Å². The molecule has 1 aromatic carbocycles. The van der Waals surface area contributed by atoms with Crippen molar-refractivity contribution < 1.29 is 14.7 Å². The highest BCUT2D eigenvalue weighted by molar-refractivity contribution is 6.03. The van der Waals surface area contributed by atoms with Crippen LogP contribution in [0.3, 0.4) is 0 Å². The predicted molar refractivity (Wildman–Crippen MR) is 68.1 cm³/mol. The Hall–Kier alpha value is -1.48. The molecule has 4 atom stereocenters. The lowest BCUT2D eigenvalue weighted by molar-refractivity contribution is -0.139. The second-order valence-electron chi connectivity index (χ2n) is 5.16. The molecule has 0 amide bonds. The van der Waals surface area contributed by atoms with Crippen molar-refractivity contribution in [3.8, 4) is 0 Å². The van der Waals surface area contributed by atoms with Gasteiger partial charge < -0.3 is 5.11 Å². The summed E-state index contributed by atoms with van der Waals surface area (Å²) in [5.41, 5.74) is 0.866. The maximum absolute atomic E-state index is 12.0. The van der Waals surface area contributed by atoms with E-state index in [-0.39, 0.29) is 23.9 Å². The van der Waals surface area contributed by atoms with Crippen LogP contribution in [0.1, 0.15) is 31.7 Å². The van der Waals surface area contributed by atoms with E-state index in [1.165, 1.54) is 6.92 Å². The topological polar surface area (TPSA) is 54.4 Å². The number of aliphatic hydroxyl groups is 1. The first-order valence-electron chi connectivity index (χ1n) is 6.28. The predicted octanol–water partition coefficient (Wildman–Crippen LogP) is 1.95. The molecule has 1 aromatic rings. The molecule has 1 aliphatic rings. The van der Waals surface area contributed by atoms with Crippen molar-refractivity contribution in [2.75, 3.05) is 0 Å². The van der Waals surface area contributed by atoms with E-state index in [2.05, 4.69) is 0 Å². The number of carbonyl (C=O) groups is 2. The van der Waals surface area contributed by atoms with Crippen LogP contribution in [0, 0.1) is 11.8 Å². The highest BCUT2D eigenvalue weighted by atomic mass is 16.3. The molecule has 0 radical (unpaired) electrons. The lowest BCUT2D eigenvalue weighted by atomic mass is 9.67. The Morgan fingerprint density at radius 3 is 2.44 bits per heavy atom.